The predicted molar refractivity (Wildman–Crippen MR) is 126 cm³/mol. The number of aryl methyl sites for hydroxylation is 1. The van der Waals surface area contributed by atoms with Gasteiger partial charge in [-0.05, 0) is 48.2 Å². The van der Waals surface area contributed by atoms with Gasteiger partial charge in [-0.3, -0.25) is 14.3 Å². The Morgan fingerprint density at radius 1 is 1.16 bits per heavy atom. The van der Waals surface area contributed by atoms with Crippen molar-refractivity contribution >= 4 is 23.4 Å². The highest BCUT2D eigenvalue weighted by atomic mass is 32.2. The summed E-state index contributed by atoms with van der Waals surface area (Å²) in [5.41, 5.74) is 3.92. The molecule has 0 aliphatic rings. The first-order valence-electron chi connectivity index (χ1n) is 10.4. The molecule has 0 unspecified atom stereocenters. The van der Waals surface area contributed by atoms with E-state index in [4.69, 9.17) is 4.42 Å². The highest BCUT2D eigenvalue weighted by Gasteiger charge is 2.18. The van der Waals surface area contributed by atoms with Gasteiger partial charge >= 0.3 is 0 Å². The van der Waals surface area contributed by atoms with E-state index in [1.54, 1.807) is 18.7 Å². The van der Waals surface area contributed by atoms with Gasteiger partial charge in [0.2, 0.25) is 5.91 Å². The maximum Gasteiger partial charge on any atom is 0.234 e. The van der Waals surface area contributed by atoms with E-state index in [9.17, 15) is 4.79 Å². The second-order valence-corrected chi connectivity index (χ2v) is 8.69. The lowest BCUT2D eigenvalue weighted by Crippen LogP contribution is -2.17. The van der Waals surface area contributed by atoms with Crippen LogP contribution in [0.15, 0.2) is 70.7 Å². The molecule has 164 valence electrons. The van der Waals surface area contributed by atoms with E-state index >= 15 is 0 Å². The third kappa shape index (κ3) is 4.91. The Morgan fingerprint density at radius 3 is 2.75 bits per heavy atom. The lowest BCUT2D eigenvalue weighted by Gasteiger charge is -2.16. The average molecular weight is 448 g/mol. The van der Waals surface area contributed by atoms with E-state index in [-0.39, 0.29) is 11.7 Å². The highest BCUT2D eigenvalue weighted by Crippen LogP contribution is 2.29. The quantitative estimate of drug-likeness (QED) is 0.376. The fourth-order valence-electron chi connectivity index (χ4n) is 3.45. The second kappa shape index (κ2) is 9.82. The SMILES string of the molecule is Cc1cccc(C(C)C)c1NC(=O)CSc1nnc(-c2cccnc2)n1Cc1ccco1. The maximum atomic E-state index is 12.8. The van der Waals surface area contributed by atoms with E-state index in [1.807, 2.05) is 47.9 Å². The van der Waals surface area contributed by atoms with Crippen LogP contribution in [0, 0.1) is 6.92 Å². The minimum atomic E-state index is -0.0818. The van der Waals surface area contributed by atoms with Gasteiger partial charge < -0.3 is 9.73 Å². The molecule has 0 bridgehead atoms. The smallest absolute Gasteiger partial charge is 0.234 e. The molecule has 0 aliphatic carbocycles. The van der Waals surface area contributed by atoms with Gasteiger partial charge in [-0.15, -0.1) is 10.2 Å². The number of nitrogens with zero attached hydrogens (tertiary/aromatic N) is 4. The number of carbonyl (C=O) groups excluding carboxylic acids is 1. The van der Waals surface area contributed by atoms with Crippen LogP contribution < -0.4 is 5.32 Å². The number of nitrogens with one attached hydrogen (secondary N) is 1. The summed E-state index contributed by atoms with van der Waals surface area (Å²) in [6.45, 7) is 6.71. The van der Waals surface area contributed by atoms with Crippen molar-refractivity contribution < 1.29 is 9.21 Å². The summed E-state index contributed by atoms with van der Waals surface area (Å²) in [7, 11) is 0. The zero-order valence-electron chi connectivity index (χ0n) is 18.3. The molecule has 3 heterocycles. The molecule has 1 N–H and O–H groups in total. The number of pyridine rings is 1. The van der Waals surface area contributed by atoms with Gasteiger partial charge in [-0.25, -0.2) is 0 Å². The molecule has 0 saturated carbocycles. The molecule has 0 atom stereocenters. The molecule has 7 nitrogen and oxygen atoms in total. The van der Waals surface area contributed by atoms with Gasteiger partial charge in [0.15, 0.2) is 11.0 Å². The van der Waals surface area contributed by atoms with Crippen LogP contribution in [0.1, 0.15) is 36.7 Å². The number of para-hydroxylation sites is 1. The molecule has 0 aliphatic heterocycles. The molecule has 0 fully saturated rings. The van der Waals surface area contributed by atoms with E-state index in [1.165, 1.54) is 11.8 Å². The molecular formula is C24H25N5O2S. The number of hydrogen-bond donors (Lipinski definition) is 1. The number of benzene rings is 1. The topological polar surface area (TPSA) is 85.8 Å². The molecule has 0 saturated heterocycles. The molecule has 0 radical (unpaired) electrons. The zero-order chi connectivity index (χ0) is 22.5. The Balaban J connectivity index is 1.53. The number of hydrogen-bond acceptors (Lipinski definition) is 6. The predicted octanol–water partition coefficient (Wildman–Crippen LogP) is 5.14. The van der Waals surface area contributed by atoms with Crippen LogP contribution in [0.5, 0.6) is 0 Å². The van der Waals surface area contributed by atoms with Crippen molar-refractivity contribution in [3.63, 3.8) is 0 Å². The van der Waals surface area contributed by atoms with Crippen molar-refractivity contribution in [3.05, 3.63) is 78.0 Å². The Hall–Kier alpha value is -3.39. The summed E-state index contributed by atoms with van der Waals surface area (Å²) in [5, 5.41) is 12.4. The highest BCUT2D eigenvalue weighted by molar-refractivity contribution is 7.99. The van der Waals surface area contributed by atoms with Crippen LogP contribution in [0.4, 0.5) is 5.69 Å². The summed E-state index contributed by atoms with van der Waals surface area (Å²) in [6, 6.07) is 13.6. The van der Waals surface area contributed by atoms with Crippen molar-refractivity contribution in [2.75, 3.05) is 11.1 Å². The fourth-order valence-corrected chi connectivity index (χ4v) is 4.19. The Kier molecular flexibility index (Phi) is 6.70. The lowest BCUT2D eigenvalue weighted by molar-refractivity contribution is -0.113. The summed E-state index contributed by atoms with van der Waals surface area (Å²) in [5.74, 6) is 1.91. The molecule has 1 aromatic carbocycles. The summed E-state index contributed by atoms with van der Waals surface area (Å²) in [6.07, 6.45) is 5.10. The normalized spacial score (nSPS) is 11.1. The molecule has 4 aromatic rings. The van der Waals surface area contributed by atoms with E-state index in [0.29, 0.717) is 23.4 Å². The molecule has 3 aromatic heterocycles. The van der Waals surface area contributed by atoms with Gasteiger partial charge in [0.1, 0.15) is 5.76 Å². The van der Waals surface area contributed by atoms with Crippen LogP contribution in [0.3, 0.4) is 0 Å². The number of carbonyl (C=O) groups is 1. The van der Waals surface area contributed by atoms with Crippen molar-refractivity contribution in [1.29, 1.82) is 0 Å². The van der Waals surface area contributed by atoms with Crippen molar-refractivity contribution in [2.24, 2.45) is 0 Å². The number of furan rings is 1. The number of rotatable bonds is 8. The third-order valence-electron chi connectivity index (χ3n) is 5.05. The fraction of sp³-hybridized carbons (Fsp3) is 0.250. The Morgan fingerprint density at radius 2 is 2.03 bits per heavy atom. The maximum absolute atomic E-state index is 12.8. The summed E-state index contributed by atoms with van der Waals surface area (Å²) < 4.78 is 7.47. The monoisotopic (exact) mass is 447 g/mol. The van der Waals surface area contributed by atoms with Gasteiger partial charge in [0.05, 0.1) is 18.6 Å². The Labute approximate surface area is 191 Å². The van der Waals surface area contributed by atoms with Crippen LogP contribution >= 0.6 is 11.8 Å². The van der Waals surface area contributed by atoms with Crippen LogP contribution in [-0.2, 0) is 11.3 Å². The Bertz CT molecular complexity index is 1190. The minimum Gasteiger partial charge on any atom is -0.467 e. The van der Waals surface area contributed by atoms with E-state index in [0.717, 1.165) is 28.1 Å². The third-order valence-corrected chi connectivity index (χ3v) is 6.02. The first kappa shape index (κ1) is 21.8. The average Bonchev–Trinajstić information content (AvgIpc) is 3.44. The first-order chi connectivity index (χ1) is 15.5. The summed E-state index contributed by atoms with van der Waals surface area (Å²) >= 11 is 1.35. The standard InChI is InChI=1S/C24H25N5O2S/c1-16(2)20-10-4-7-17(3)22(20)26-21(30)15-32-24-28-27-23(18-8-5-11-25-13-18)29(24)14-19-9-6-12-31-19/h4-13,16H,14-15H2,1-3H3,(H,26,30). The molecule has 8 heteroatoms. The second-order valence-electron chi connectivity index (χ2n) is 7.74. The van der Waals surface area contributed by atoms with Gasteiger partial charge in [0.25, 0.3) is 0 Å². The molecule has 4 rings (SSSR count). The first-order valence-corrected chi connectivity index (χ1v) is 11.4. The van der Waals surface area contributed by atoms with Gasteiger partial charge in [-0.2, -0.15) is 0 Å². The molecular weight excluding hydrogens is 422 g/mol. The number of amides is 1. The van der Waals surface area contributed by atoms with Crippen molar-refractivity contribution in [1.82, 2.24) is 19.7 Å². The number of aromatic nitrogens is 4. The van der Waals surface area contributed by atoms with Crippen LogP contribution in [-0.4, -0.2) is 31.4 Å². The van der Waals surface area contributed by atoms with Crippen LogP contribution in [0.25, 0.3) is 11.4 Å². The molecule has 1 amide bonds. The van der Waals surface area contributed by atoms with Crippen molar-refractivity contribution in [3.8, 4) is 11.4 Å². The van der Waals surface area contributed by atoms with E-state index < -0.39 is 0 Å². The summed E-state index contributed by atoms with van der Waals surface area (Å²) in [4.78, 5) is 17.0. The van der Waals surface area contributed by atoms with Gasteiger partial charge in [0, 0.05) is 23.6 Å². The van der Waals surface area contributed by atoms with E-state index in [2.05, 4.69) is 40.4 Å². The molecule has 0 spiro atoms. The number of anilines is 1. The van der Waals surface area contributed by atoms with Crippen molar-refractivity contribution in [2.45, 2.75) is 38.4 Å². The largest absolute Gasteiger partial charge is 0.467 e. The van der Waals surface area contributed by atoms with Gasteiger partial charge in [-0.1, -0.05) is 43.8 Å². The lowest BCUT2D eigenvalue weighted by atomic mass is 9.98. The number of thioether (sulfide) groups is 1. The van der Waals surface area contributed by atoms with Crippen LogP contribution in [0.2, 0.25) is 0 Å². The molecule has 32 heavy (non-hydrogen) atoms. The minimum absolute atomic E-state index is 0.0818. The zero-order valence-corrected chi connectivity index (χ0v) is 19.1.